The molecule has 0 fully saturated rings. The Kier molecular flexibility index (Phi) is 12.3. The highest BCUT2D eigenvalue weighted by Gasteiger charge is 2.21. The molecule has 0 spiro atoms. The van der Waals surface area contributed by atoms with Gasteiger partial charge in [-0.3, -0.25) is 4.79 Å². The number of aliphatic carboxylic acids is 1. The van der Waals surface area contributed by atoms with Crippen molar-refractivity contribution in [1.82, 2.24) is 0 Å². The average molecular weight is 286 g/mol. The second-order valence-corrected chi connectivity index (χ2v) is 5.33. The molecule has 0 bridgehead atoms. The van der Waals surface area contributed by atoms with E-state index in [0.29, 0.717) is 12.8 Å². The number of unbranched alkanes of at least 4 members (excludes halogenated alkanes) is 7. The van der Waals surface area contributed by atoms with Gasteiger partial charge in [0.25, 0.3) is 0 Å². The number of carboxylic acids is 1. The Morgan fingerprint density at radius 1 is 0.900 bits per heavy atom. The van der Waals surface area contributed by atoms with E-state index in [0.717, 1.165) is 44.9 Å². The quantitative estimate of drug-likeness (QED) is 0.404. The fourth-order valence-electron chi connectivity index (χ4n) is 2.08. The summed E-state index contributed by atoms with van der Waals surface area (Å²) in [5, 5.41) is 9.04. The standard InChI is InChI=1S/C16H30O4/c1-3-5-7-9-11-13-15(17)20-14(16(18)19)12-10-8-6-4-2/h14H,3-13H2,1-2H3,(H,18,19). The number of hydrogen-bond acceptors (Lipinski definition) is 3. The second kappa shape index (κ2) is 12.9. The van der Waals surface area contributed by atoms with Crippen molar-refractivity contribution in [2.45, 2.75) is 90.6 Å². The van der Waals surface area contributed by atoms with Crippen molar-refractivity contribution in [3.63, 3.8) is 0 Å². The molecule has 0 saturated carbocycles. The van der Waals surface area contributed by atoms with Gasteiger partial charge in [0.15, 0.2) is 6.10 Å². The number of carboxylic acid groups (broad SMARTS) is 1. The van der Waals surface area contributed by atoms with Gasteiger partial charge in [-0.05, 0) is 19.3 Å². The molecule has 0 saturated heterocycles. The van der Waals surface area contributed by atoms with Gasteiger partial charge in [-0.15, -0.1) is 0 Å². The van der Waals surface area contributed by atoms with Crippen LogP contribution in [0.5, 0.6) is 0 Å². The third-order valence-electron chi connectivity index (χ3n) is 3.35. The lowest BCUT2D eigenvalue weighted by Gasteiger charge is -2.13. The van der Waals surface area contributed by atoms with E-state index in [1.807, 2.05) is 0 Å². The van der Waals surface area contributed by atoms with Crippen LogP contribution in [0.3, 0.4) is 0 Å². The van der Waals surface area contributed by atoms with Crippen molar-refractivity contribution in [2.24, 2.45) is 0 Å². The summed E-state index contributed by atoms with van der Waals surface area (Å²) in [7, 11) is 0. The Bertz CT molecular complexity index is 263. The molecule has 0 aliphatic rings. The van der Waals surface area contributed by atoms with Crippen LogP contribution in [0.15, 0.2) is 0 Å². The summed E-state index contributed by atoms with van der Waals surface area (Å²) in [6, 6.07) is 0. The fraction of sp³-hybridized carbons (Fsp3) is 0.875. The summed E-state index contributed by atoms with van der Waals surface area (Å²) < 4.78 is 5.06. The highest BCUT2D eigenvalue weighted by atomic mass is 16.6. The smallest absolute Gasteiger partial charge is 0.345 e. The summed E-state index contributed by atoms with van der Waals surface area (Å²) in [6.45, 7) is 4.25. The van der Waals surface area contributed by atoms with E-state index in [9.17, 15) is 9.59 Å². The van der Waals surface area contributed by atoms with Crippen LogP contribution in [0.1, 0.15) is 84.5 Å². The minimum Gasteiger partial charge on any atom is -0.479 e. The van der Waals surface area contributed by atoms with Gasteiger partial charge in [-0.25, -0.2) is 4.79 Å². The van der Waals surface area contributed by atoms with Gasteiger partial charge in [0.1, 0.15) is 0 Å². The zero-order chi connectivity index (χ0) is 15.2. The molecule has 0 amide bonds. The topological polar surface area (TPSA) is 63.6 Å². The molecular weight excluding hydrogens is 256 g/mol. The highest BCUT2D eigenvalue weighted by molar-refractivity contribution is 5.77. The van der Waals surface area contributed by atoms with Gasteiger partial charge < -0.3 is 9.84 Å². The summed E-state index contributed by atoms with van der Waals surface area (Å²) in [6.07, 6.45) is 9.08. The number of carbonyl (C=O) groups excluding carboxylic acids is 1. The van der Waals surface area contributed by atoms with E-state index in [1.165, 1.54) is 12.8 Å². The van der Waals surface area contributed by atoms with Gasteiger partial charge in [-0.2, -0.15) is 0 Å². The van der Waals surface area contributed by atoms with Gasteiger partial charge in [0, 0.05) is 6.42 Å². The molecule has 0 heterocycles. The number of rotatable bonds is 13. The Balaban J connectivity index is 3.81. The molecule has 0 aliphatic carbocycles. The van der Waals surface area contributed by atoms with Crippen molar-refractivity contribution < 1.29 is 19.4 Å². The zero-order valence-electron chi connectivity index (χ0n) is 13.0. The molecule has 1 unspecified atom stereocenters. The van der Waals surface area contributed by atoms with E-state index in [2.05, 4.69) is 13.8 Å². The Labute approximate surface area is 122 Å². The van der Waals surface area contributed by atoms with Crippen LogP contribution in [0.2, 0.25) is 0 Å². The molecule has 0 aliphatic heterocycles. The first kappa shape index (κ1) is 18.9. The van der Waals surface area contributed by atoms with Crippen molar-refractivity contribution >= 4 is 11.9 Å². The molecule has 4 heteroatoms. The van der Waals surface area contributed by atoms with Crippen LogP contribution in [0.4, 0.5) is 0 Å². The highest BCUT2D eigenvalue weighted by Crippen LogP contribution is 2.11. The van der Waals surface area contributed by atoms with Gasteiger partial charge >= 0.3 is 11.9 Å². The molecule has 118 valence electrons. The van der Waals surface area contributed by atoms with Gasteiger partial charge in [0.2, 0.25) is 0 Å². The van der Waals surface area contributed by atoms with E-state index < -0.39 is 12.1 Å². The predicted octanol–water partition coefficient (Wildman–Crippen LogP) is 4.31. The SMILES string of the molecule is CCCCCCCC(=O)OC(CCCCCC)C(=O)O. The molecular formula is C16H30O4. The third kappa shape index (κ3) is 10.8. The van der Waals surface area contributed by atoms with E-state index >= 15 is 0 Å². The largest absolute Gasteiger partial charge is 0.479 e. The number of esters is 1. The first-order valence-electron chi connectivity index (χ1n) is 8.04. The maximum absolute atomic E-state index is 11.6. The van der Waals surface area contributed by atoms with Crippen molar-refractivity contribution in [1.29, 1.82) is 0 Å². The molecule has 0 aromatic rings. The predicted molar refractivity (Wildman–Crippen MR) is 79.7 cm³/mol. The number of carbonyl (C=O) groups is 2. The second-order valence-electron chi connectivity index (χ2n) is 5.33. The van der Waals surface area contributed by atoms with Gasteiger partial charge in [0.05, 0.1) is 0 Å². The zero-order valence-corrected chi connectivity index (χ0v) is 13.0. The van der Waals surface area contributed by atoms with Crippen LogP contribution in [-0.4, -0.2) is 23.1 Å². The van der Waals surface area contributed by atoms with E-state index in [4.69, 9.17) is 9.84 Å². The van der Waals surface area contributed by atoms with Gasteiger partial charge in [-0.1, -0.05) is 58.8 Å². The first-order chi connectivity index (χ1) is 9.61. The lowest BCUT2D eigenvalue weighted by Crippen LogP contribution is -2.27. The molecule has 20 heavy (non-hydrogen) atoms. The normalized spacial score (nSPS) is 12.1. The Hall–Kier alpha value is -1.06. The third-order valence-corrected chi connectivity index (χ3v) is 3.35. The van der Waals surface area contributed by atoms with E-state index in [1.54, 1.807) is 0 Å². The van der Waals surface area contributed by atoms with Crippen LogP contribution >= 0.6 is 0 Å². The lowest BCUT2D eigenvalue weighted by molar-refractivity contribution is -0.164. The molecule has 0 aromatic carbocycles. The fourth-order valence-corrected chi connectivity index (χ4v) is 2.08. The lowest BCUT2D eigenvalue weighted by atomic mass is 10.1. The molecule has 0 aromatic heterocycles. The molecule has 0 rings (SSSR count). The van der Waals surface area contributed by atoms with Crippen molar-refractivity contribution in [3.8, 4) is 0 Å². The maximum Gasteiger partial charge on any atom is 0.345 e. The van der Waals surface area contributed by atoms with Crippen LogP contribution in [0.25, 0.3) is 0 Å². The maximum atomic E-state index is 11.6. The van der Waals surface area contributed by atoms with Crippen molar-refractivity contribution in [3.05, 3.63) is 0 Å². The minimum absolute atomic E-state index is 0.336. The molecule has 4 nitrogen and oxygen atoms in total. The van der Waals surface area contributed by atoms with Crippen LogP contribution < -0.4 is 0 Å². The molecule has 0 radical (unpaired) electrons. The summed E-state index contributed by atoms with van der Waals surface area (Å²) >= 11 is 0. The minimum atomic E-state index is -1.03. The summed E-state index contributed by atoms with van der Waals surface area (Å²) in [5.41, 5.74) is 0. The summed E-state index contributed by atoms with van der Waals surface area (Å²) in [4.78, 5) is 22.6. The number of hydrogen-bond donors (Lipinski definition) is 1. The summed E-state index contributed by atoms with van der Waals surface area (Å²) in [5.74, 6) is -1.40. The molecule has 1 N–H and O–H groups in total. The number of ether oxygens (including phenoxy) is 1. The Morgan fingerprint density at radius 3 is 2.00 bits per heavy atom. The van der Waals surface area contributed by atoms with Crippen LogP contribution in [0, 0.1) is 0 Å². The monoisotopic (exact) mass is 286 g/mol. The molecule has 1 atom stereocenters. The first-order valence-corrected chi connectivity index (χ1v) is 8.04. The Morgan fingerprint density at radius 2 is 1.45 bits per heavy atom. The average Bonchev–Trinajstić information content (AvgIpc) is 2.41. The van der Waals surface area contributed by atoms with Crippen molar-refractivity contribution in [2.75, 3.05) is 0 Å². The van der Waals surface area contributed by atoms with E-state index in [-0.39, 0.29) is 5.97 Å². The van der Waals surface area contributed by atoms with Crippen LogP contribution in [-0.2, 0) is 14.3 Å².